The Bertz CT molecular complexity index is 585. The Labute approximate surface area is 151 Å². The molecule has 0 radical (unpaired) electrons. The number of likely N-dealkylation sites (N-methyl/N-ethyl adjacent to an activating group) is 1. The van der Waals surface area contributed by atoms with Gasteiger partial charge in [0.05, 0.1) is 11.8 Å². The van der Waals surface area contributed by atoms with Crippen molar-refractivity contribution in [3.05, 3.63) is 0 Å². The molecule has 0 bridgehead atoms. The maximum Gasteiger partial charge on any atom is 0.241 e. The van der Waals surface area contributed by atoms with Crippen molar-refractivity contribution in [2.24, 2.45) is 4.99 Å². The van der Waals surface area contributed by atoms with Crippen molar-refractivity contribution < 1.29 is 13.2 Å². The van der Waals surface area contributed by atoms with Crippen molar-refractivity contribution in [1.29, 1.82) is 0 Å². The second-order valence-corrected chi connectivity index (χ2v) is 9.04. The van der Waals surface area contributed by atoms with E-state index in [1.807, 2.05) is 4.90 Å². The molecule has 2 fully saturated rings. The quantitative estimate of drug-likeness (QED) is 0.522. The van der Waals surface area contributed by atoms with Gasteiger partial charge in [0, 0.05) is 40.3 Å². The van der Waals surface area contributed by atoms with Gasteiger partial charge in [-0.25, -0.2) is 13.1 Å². The first-order valence-corrected chi connectivity index (χ1v) is 10.5. The van der Waals surface area contributed by atoms with Crippen LogP contribution in [-0.2, 0) is 14.8 Å². The van der Waals surface area contributed by atoms with E-state index < -0.39 is 15.3 Å². The van der Waals surface area contributed by atoms with Gasteiger partial charge in [-0.05, 0) is 25.7 Å². The van der Waals surface area contributed by atoms with Crippen LogP contribution in [0.15, 0.2) is 4.99 Å². The standard InChI is InChI=1S/C16H31N5O3S/c1-17-16(18-11-15(22)20(2)3)21-10-6-9-14(12-21)25(23,24)19-13-7-4-5-8-13/h13-14,19H,4-12H2,1-3H3,(H,17,18). The fourth-order valence-electron chi connectivity index (χ4n) is 3.40. The zero-order chi connectivity index (χ0) is 18.4. The maximum absolute atomic E-state index is 12.7. The van der Waals surface area contributed by atoms with Crippen molar-refractivity contribution in [3.8, 4) is 0 Å². The molecule has 0 aromatic carbocycles. The number of hydrogen-bond acceptors (Lipinski definition) is 4. The van der Waals surface area contributed by atoms with Crippen molar-refractivity contribution >= 4 is 21.9 Å². The smallest absolute Gasteiger partial charge is 0.241 e. The minimum absolute atomic E-state index is 0.0507. The number of nitrogens with one attached hydrogen (secondary N) is 2. The van der Waals surface area contributed by atoms with Crippen molar-refractivity contribution in [3.63, 3.8) is 0 Å². The number of hydrogen-bond donors (Lipinski definition) is 2. The number of sulfonamides is 1. The second-order valence-electron chi connectivity index (χ2n) is 7.04. The molecule has 2 N–H and O–H groups in total. The van der Waals surface area contributed by atoms with Gasteiger partial charge in [-0.1, -0.05) is 12.8 Å². The van der Waals surface area contributed by atoms with E-state index >= 15 is 0 Å². The lowest BCUT2D eigenvalue weighted by Gasteiger charge is -2.35. The van der Waals surface area contributed by atoms with E-state index in [-0.39, 0.29) is 18.5 Å². The van der Waals surface area contributed by atoms with E-state index in [0.717, 1.165) is 38.6 Å². The highest BCUT2D eigenvalue weighted by molar-refractivity contribution is 7.90. The van der Waals surface area contributed by atoms with Crippen LogP contribution in [0.3, 0.4) is 0 Å². The normalized spacial score (nSPS) is 22.9. The first kappa shape index (κ1) is 20.0. The fourth-order valence-corrected chi connectivity index (χ4v) is 5.15. The van der Waals surface area contributed by atoms with Crippen LogP contribution in [-0.4, -0.2) is 82.2 Å². The van der Waals surface area contributed by atoms with Gasteiger partial charge in [0.2, 0.25) is 15.9 Å². The predicted molar refractivity (Wildman–Crippen MR) is 99.0 cm³/mol. The average Bonchev–Trinajstić information content (AvgIpc) is 3.07. The van der Waals surface area contributed by atoms with Crippen LogP contribution < -0.4 is 10.0 Å². The Balaban J connectivity index is 1.95. The lowest BCUT2D eigenvalue weighted by molar-refractivity contribution is -0.127. The molecular formula is C16H31N5O3S. The third kappa shape index (κ3) is 5.57. The number of nitrogens with zero attached hydrogens (tertiary/aromatic N) is 3. The van der Waals surface area contributed by atoms with Crippen LogP contribution in [0.5, 0.6) is 0 Å². The van der Waals surface area contributed by atoms with Gasteiger partial charge in [-0.2, -0.15) is 0 Å². The molecule has 9 heteroatoms. The van der Waals surface area contributed by atoms with E-state index in [0.29, 0.717) is 18.9 Å². The fraction of sp³-hybridized carbons (Fsp3) is 0.875. The number of amides is 1. The third-order valence-electron chi connectivity index (χ3n) is 4.91. The van der Waals surface area contributed by atoms with E-state index in [1.54, 1.807) is 21.1 Å². The molecule has 2 rings (SSSR count). The molecule has 8 nitrogen and oxygen atoms in total. The topological polar surface area (TPSA) is 94.1 Å². The lowest BCUT2D eigenvalue weighted by atomic mass is 10.1. The molecule has 1 amide bonds. The first-order valence-electron chi connectivity index (χ1n) is 9.00. The highest BCUT2D eigenvalue weighted by Crippen LogP contribution is 2.22. The summed E-state index contributed by atoms with van der Waals surface area (Å²) in [6.45, 7) is 1.29. The number of piperidine rings is 1. The number of guanidine groups is 1. The predicted octanol–water partition coefficient (Wildman–Crippen LogP) is -0.0236. The minimum Gasteiger partial charge on any atom is -0.347 e. The molecule has 0 aromatic rings. The molecule has 25 heavy (non-hydrogen) atoms. The Morgan fingerprint density at radius 1 is 1.20 bits per heavy atom. The summed E-state index contributed by atoms with van der Waals surface area (Å²) in [5.41, 5.74) is 0. The molecule has 0 aromatic heterocycles. The second kappa shape index (κ2) is 8.84. The highest BCUT2D eigenvalue weighted by Gasteiger charge is 2.34. The Hall–Kier alpha value is -1.35. The van der Waals surface area contributed by atoms with Gasteiger partial charge in [0.15, 0.2) is 5.96 Å². The van der Waals surface area contributed by atoms with Gasteiger partial charge >= 0.3 is 0 Å². The highest BCUT2D eigenvalue weighted by atomic mass is 32.2. The number of aliphatic imine (C=N–C) groups is 1. The minimum atomic E-state index is -3.34. The molecule has 1 aliphatic heterocycles. The SMILES string of the molecule is CN=C(NCC(=O)N(C)C)N1CCCC(S(=O)(=O)NC2CCCC2)C1. The van der Waals surface area contributed by atoms with Gasteiger partial charge in [-0.3, -0.25) is 9.79 Å². The monoisotopic (exact) mass is 373 g/mol. The van der Waals surface area contributed by atoms with Crippen LogP contribution in [0.25, 0.3) is 0 Å². The van der Waals surface area contributed by atoms with Gasteiger partial charge in [0.25, 0.3) is 0 Å². The van der Waals surface area contributed by atoms with E-state index in [4.69, 9.17) is 0 Å². The Kier molecular flexibility index (Phi) is 7.06. The number of likely N-dealkylation sites (tertiary alicyclic amines) is 1. The molecule has 1 heterocycles. The zero-order valence-corrected chi connectivity index (χ0v) is 16.3. The molecule has 144 valence electrons. The van der Waals surface area contributed by atoms with E-state index in [9.17, 15) is 13.2 Å². The van der Waals surface area contributed by atoms with Gasteiger partial charge in [-0.15, -0.1) is 0 Å². The average molecular weight is 374 g/mol. The summed E-state index contributed by atoms with van der Waals surface area (Å²) in [5, 5.41) is 2.59. The summed E-state index contributed by atoms with van der Waals surface area (Å²) < 4.78 is 28.3. The number of rotatable bonds is 5. The van der Waals surface area contributed by atoms with Crippen molar-refractivity contribution in [1.82, 2.24) is 19.8 Å². The third-order valence-corrected chi connectivity index (χ3v) is 6.84. The number of carbonyl (C=O) groups is 1. The van der Waals surface area contributed by atoms with Crippen LogP contribution in [0.2, 0.25) is 0 Å². The summed E-state index contributed by atoms with van der Waals surface area (Å²) in [7, 11) is 1.71. The molecule has 0 spiro atoms. The molecule has 1 atom stereocenters. The summed E-state index contributed by atoms with van der Waals surface area (Å²) in [6.07, 6.45) is 5.52. The Morgan fingerprint density at radius 3 is 2.48 bits per heavy atom. The summed E-state index contributed by atoms with van der Waals surface area (Å²) in [5.74, 6) is 0.529. The molecular weight excluding hydrogens is 342 g/mol. The van der Waals surface area contributed by atoms with Gasteiger partial charge in [0.1, 0.15) is 0 Å². The number of carbonyl (C=O) groups excluding carboxylic acids is 1. The van der Waals surface area contributed by atoms with Gasteiger partial charge < -0.3 is 15.1 Å². The maximum atomic E-state index is 12.7. The van der Waals surface area contributed by atoms with E-state index in [1.165, 1.54) is 4.90 Å². The Morgan fingerprint density at radius 2 is 1.88 bits per heavy atom. The largest absolute Gasteiger partial charge is 0.347 e. The summed E-state index contributed by atoms with van der Waals surface area (Å²) in [6, 6.07) is 0.0931. The van der Waals surface area contributed by atoms with E-state index in [2.05, 4.69) is 15.0 Å². The van der Waals surface area contributed by atoms with Crippen LogP contribution in [0.4, 0.5) is 0 Å². The lowest BCUT2D eigenvalue weighted by Crippen LogP contribution is -2.53. The first-order chi connectivity index (χ1) is 11.8. The molecule has 1 unspecified atom stereocenters. The molecule has 2 aliphatic rings. The van der Waals surface area contributed by atoms with Crippen LogP contribution in [0.1, 0.15) is 38.5 Å². The molecule has 1 saturated heterocycles. The van der Waals surface area contributed by atoms with Crippen LogP contribution >= 0.6 is 0 Å². The van der Waals surface area contributed by atoms with Crippen molar-refractivity contribution in [2.75, 3.05) is 40.8 Å². The van der Waals surface area contributed by atoms with Crippen LogP contribution in [0, 0.1) is 0 Å². The summed E-state index contributed by atoms with van der Waals surface area (Å²) in [4.78, 5) is 19.4. The molecule has 1 aliphatic carbocycles. The van der Waals surface area contributed by atoms with Crippen molar-refractivity contribution in [2.45, 2.75) is 49.8 Å². The zero-order valence-electron chi connectivity index (χ0n) is 15.5. The summed E-state index contributed by atoms with van der Waals surface area (Å²) >= 11 is 0. The molecule has 1 saturated carbocycles.